The van der Waals surface area contributed by atoms with Crippen LogP contribution in [0.2, 0.25) is 0 Å². The zero-order valence-electron chi connectivity index (χ0n) is 8.94. The first-order valence-electron chi connectivity index (χ1n) is 4.84. The summed E-state index contributed by atoms with van der Waals surface area (Å²) in [6.07, 6.45) is -1.55. The van der Waals surface area contributed by atoms with E-state index in [4.69, 9.17) is 0 Å². The van der Waals surface area contributed by atoms with Crippen molar-refractivity contribution in [2.75, 3.05) is 0 Å². The van der Waals surface area contributed by atoms with Crippen molar-refractivity contribution < 1.29 is 10.2 Å². The highest BCUT2D eigenvalue weighted by Crippen LogP contribution is 2.29. The summed E-state index contributed by atoms with van der Waals surface area (Å²) in [5, 5.41) is 19.7. The highest BCUT2D eigenvalue weighted by atomic mass is 16.3. The zero-order chi connectivity index (χ0) is 10.8. The maximum Gasteiger partial charge on any atom is 0.105 e. The first kappa shape index (κ1) is 11.2. The SMILES string of the molecule is CC(C)(C)C(O)C(O)c1ccccc1. The molecule has 2 atom stereocenters. The average Bonchev–Trinajstić information content (AvgIpc) is 2.15. The standard InChI is InChI=1S/C12H18O2/c1-12(2,3)11(14)10(13)9-7-5-4-6-8-9/h4-8,10-11,13-14H,1-3H3. The number of benzene rings is 1. The normalized spacial score (nSPS) is 16.4. The summed E-state index contributed by atoms with van der Waals surface area (Å²) in [5.74, 6) is 0. The fourth-order valence-electron chi connectivity index (χ4n) is 1.31. The largest absolute Gasteiger partial charge is 0.390 e. The third-order valence-corrected chi connectivity index (χ3v) is 2.33. The van der Waals surface area contributed by atoms with Crippen LogP contribution in [0.3, 0.4) is 0 Å². The Bertz CT molecular complexity index is 274. The molecule has 0 amide bonds. The minimum Gasteiger partial charge on any atom is -0.390 e. The van der Waals surface area contributed by atoms with Crippen LogP contribution in [-0.4, -0.2) is 16.3 Å². The highest BCUT2D eigenvalue weighted by molar-refractivity contribution is 5.18. The number of hydrogen-bond donors (Lipinski definition) is 2. The Balaban J connectivity index is 2.81. The van der Waals surface area contributed by atoms with Crippen LogP contribution in [0, 0.1) is 5.41 Å². The fourth-order valence-corrected chi connectivity index (χ4v) is 1.31. The van der Waals surface area contributed by atoms with Gasteiger partial charge in [0.2, 0.25) is 0 Å². The van der Waals surface area contributed by atoms with Gasteiger partial charge in [-0.25, -0.2) is 0 Å². The van der Waals surface area contributed by atoms with Gasteiger partial charge in [0.1, 0.15) is 6.10 Å². The maximum atomic E-state index is 9.87. The van der Waals surface area contributed by atoms with Gasteiger partial charge in [-0.1, -0.05) is 51.1 Å². The lowest BCUT2D eigenvalue weighted by atomic mass is 9.84. The summed E-state index contributed by atoms with van der Waals surface area (Å²) in [6.45, 7) is 5.72. The molecule has 0 saturated heterocycles. The van der Waals surface area contributed by atoms with E-state index in [1.807, 2.05) is 51.1 Å². The zero-order valence-corrected chi connectivity index (χ0v) is 8.94. The molecule has 0 aliphatic carbocycles. The summed E-state index contributed by atoms with van der Waals surface area (Å²) in [4.78, 5) is 0. The van der Waals surface area contributed by atoms with Crippen LogP contribution in [-0.2, 0) is 0 Å². The fraction of sp³-hybridized carbons (Fsp3) is 0.500. The van der Waals surface area contributed by atoms with Crippen LogP contribution >= 0.6 is 0 Å². The van der Waals surface area contributed by atoms with Crippen LogP contribution in [0.25, 0.3) is 0 Å². The summed E-state index contributed by atoms with van der Waals surface area (Å²) in [6, 6.07) is 9.24. The predicted octanol–water partition coefficient (Wildman–Crippen LogP) is 2.13. The van der Waals surface area contributed by atoms with Gasteiger partial charge in [-0.05, 0) is 11.0 Å². The molecule has 0 aromatic heterocycles. The smallest absolute Gasteiger partial charge is 0.105 e. The Kier molecular flexibility index (Phi) is 3.29. The molecule has 1 rings (SSSR count). The van der Waals surface area contributed by atoms with Crippen molar-refractivity contribution in [3.8, 4) is 0 Å². The van der Waals surface area contributed by atoms with Gasteiger partial charge in [0.15, 0.2) is 0 Å². The van der Waals surface area contributed by atoms with E-state index in [-0.39, 0.29) is 5.41 Å². The second kappa shape index (κ2) is 4.11. The molecule has 0 bridgehead atoms. The van der Waals surface area contributed by atoms with Crippen molar-refractivity contribution in [2.45, 2.75) is 33.0 Å². The molecule has 1 aromatic rings. The Morgan fingerprint density at radius 3 is 1.93 bits per heavy atom. The Hall–Kier alpha value is -0.860. The first-order valence-corrected chi connectivity index (χ1v) is 4.84. The molecule has 0 aliphatic rings. The number of aliphatic hydroxyl groups excluding tert-OH is 2. The van der Waals surface area contributed by atoms with E-state index in [0.29, 0.717) is 0 Å². The van der Waals surface area contributed by atoms with E-state index in [9.17, 15) is 10.2 Å². The molecule has 2 nitrogen and oxygen atoms in total. The van der Waals surface area contributed by atoms with E-state index in [2.05, 4.69) is 0 Å². The minimum atomic E-state index is -0.809. The molecule has 0 heterocycles. The summed E-state index contributed by atoms with van der Waals surface area (Å²) in [7, 11) is 0. The van der Waals surface area contributed by atoms with Crippen molar-refractivity contribution >= 4 is 0 Å². The Morgan fingerprint density at radius 1 is 1.00 bits per heavy atom. The Morgan fingerprint density at radius 2 is 1.50 bits per heavy atom. The van der Waals surface area contributed by atoms with E-state index in [0.717, 1.165) is 5.56 Å². The van der Waals surface area contributed by atoms with E-state index >= 15 is 0 Å². The molecule has 2 N–H and O–H groups in total. The van der Waals surface area contributed by atoms with Crippen molar-refractivity contribution in [3.05, 3.63) is 35.9 Å². The van der Waals surface area contributed by atoms with Crippen molar-refractivity contribution in [2.24, 2.45) is 5.41 Å². The van der Waals surface area contributed by atoms with Crippen molar-refractivity contribution in [1.82, 2.24) is 0 Å². The molecule has 0 radical (unpaired) electrons. The van der Waals surface area contributed by atoms with Gasteiger partial charge in [-0.2, -0.15) is 0 Å². The van der Waals surface area contributed by atoms with E-state index < -0.39 is 12.2 Å². The van der Waals surface area contributed by atoms with Crippen LogP contribution in [0.15, 0.2) is 30.3 Å². The van der Waals surface area contributed by atoms with Crippen LogP contribution in [0.1, 0.15) is 32.4 Å². The lowest BCUT2D eigenvalue weighted by Crippen LogP contribution is -2.32. The second-order valence-electron chi connectivity index (χ2n) is 4.67. The van der Waals surface area contributed by atoms with Crippen molar-refractivity contribution in [1.29, 1.82) is 0 Å². The average molecular weight is 194 g/mol. The number of rotatable bonds is 2. The monoisotopic (exact) mass is 194 g/mol. The van der Waals surface area contributed by atoms with Gasteiger partial charge in [-0.15, -0.1) is 0 Å². The minimum absolute atomic E-state index is 0.310. The second-order valence-corrected chi connectivity index (χ2v) is 4.67. The van der Waals surface area contributed by atoms with Crippen LogP contribution in [0.4, 0.5) is 0 Å². The van der Waals surface area contributed by atoms with Crippen LogP contribution < -0.4 is 0 Å². The van der Waals surface area contributed by atoms with Gasteiger partial charge < -0.3 is 10.2 Å². The van der Waals surface area contributed by atoms with Gasteiger partial charge in [-0.3, -0.25) is 0 Å². The molecular formula is C12H18O2. The highest BCUT2D eigenvalue weighted by Gasteiger charge is 2.29. The van der Waals surface area contributed by atoms with Crippen molar-refractivity contribution in [3.63, 3.8) is 0 Å². The van der Waals surface area contributed by atoms with Gasteiger partial charge in [0.25, 0.3) is 0 Å². The summed E-state index contributed by atoms with van der Waals surface area (Å²) in [5.41, 5.74) is 0.449. The lowest BCUT2D eigenvalue weighted by Gasteiger charge is -2.30. The Labute approximate surface area is 85.2 Å². The molecule has 2 unspecified atom stereocenters. The quantitative estimate of drug-likeness (QED) is 0.757. The van der Waals surface area contributed by atoms with Gasteiger partial charge >= 0.3 is 0 Å². The molecule has 0 spiro atoms. The third kappa shape index (κ3) is 2.56. The molecule has 14 heavy (non-hydrogen) atoms. The molecule has 78 valence electrons. The van der Waals surface area contributed by atoms with E-state index in [1.54, 1.807) is 0 Å². The third-order valence-electron chi connectivity index (χ3n) is 2.33. The van der Waals surface area contributed by atoms with Gasteiger partial charge in [0.05, 0.1) is 6.10 Å². The number of hydrogen-bond acceptors (Lipinski definition) is 2. The topological polar surface area (TPSA) is 40.5 Å². The predicted molar refractivity (Wildman–Crippen MR) is 56.9 cm³/mol. The molecule has 0 saturated carbocycles. The van der Waals surface area contributed by atoms with Crippen LogP contribution in [0.5, 0.6) is 0 Å². The lowest BCUT2D eigenvalue weighted by molar-refractivity contribution is -0.0458. The molecule has 1 aromatic carbocycles. The summed E-state index contributed by atoms with van der Waals surface area (Å²) >= 11 is 0. The van der Waals surface area contributed by atoms with E-state index in [1.165, 1.54) is 0 Å². The molecule has 2 heteroatoms. The first-order chi connectivity index (χ1) is 6.43. The summed E-state index contributed by atoms with van der Waals surface area (Å²) < 4.78 is 0. The van der Waals surface area contributed by atoms with Gasteiger partial charge in [0, 0.05) is 0 Å². The maximum absolute atomic E-state index is 9.87. The number of aliphatic hydroxyl groups is 2. The molecule has 0 aliphatic heterocycles. The molecule has 0 fully saturated rings. The molecular weight excluding hydrogens is 176 g/mol.